The van der Waals surface area contributed by atoms with Crippen LogP contribution in [0, 0.1) is 6.92 Å². The number of hydrogen-bond donors (Lipinski definition) is 2. The number of aryl methyl sites for hydroxylation is 1. The number of rotatable bonds is 5. The Hall–Kier alpha value is -2.91. The number of nitrogens with zero attached hydrogens (tertiary/aromatic N) is 2. The van der Waals surface area contributed by atoms with E-state index in [1.807, 2.05) is 25.1 Å². The molecule has 4 rings (SSSR count). The van der Waals surface area contributed by atoms with Crippen LogP contribution in [0.3, 0.4) is 0 Å². The molecular weight excluding hydrogens is 464 g/mol. The van der Waals surface area contributed by atoms with Gasteiger partial charge in [-0.25, -0.2) is 17.9 Å². The minimum Gasteiger partial charge on any atom is -0.331 e. The van der Waals surface area contributed by atoms with Crippen LogP contribution in [0.15, 0.2) is 41.3 Å². The molecule has 0 unspecified atom stereocenters. The third-order valence-electron chi connectivity index (χ3n) is 6.89. The minimum atomic E-state index is -3.74. The maximum absolute atomic E-state index is 13.4. The van der Waals surface area contributed by atoms with Crippen molar-refractivity contribution in [3.8, 4) is 0 Å². The van der Waals surface area contributed by atoms with E-state index in [1.54, 1.807) is 37.2 Å². The van der Waals surface area contributed by atoms with Gasteiger partial charge in [0.2, 0.25) is 10.0 Å². The number of amides is 3. The number of carbonyl (C=O) groups is 2. The van der Waals surface area contributed by atoms with Crippen molar-refractivity contribution in [1.82, 2.24) is 14.5 Å². The van der Waals surface area contributed by atoms with E-state index in [0.29, 0.717) is 48.5 Å². The summed E-state index contributed by atoms with van der Waals surface area (Å²) in [6, 6.07) is 10.5. The molecule has 8 nitrogen and oxygen atoms in total. The highest BCUT2D eigenvalue weighted by Gasteiger charge is 2.30. The maximum Gasteiger partial charge on any atom is 0.319 e. The molecule has 0 saturated carbocycles. The maximum atomic E-state index is 13.4. The van der Waals surface area contributed by atoms with Crippen molar-refractivity contribution in [2.45, 2.75) is 56.4 Å². The summed E-state index contributed by atoms with van der Waals surface area (Å²) in [5.74, 6) is -0.191. The smallest absolute Gasteiger partial charge is 0.319 e. The molecule has 2 aromatic carbocycles. The zero-order chi connectivity index (χ0) is 25.2. The lowest BCUT2D eigenvalue weighted by Crippen LogP contribution is -2.49. The van der Waals surface area contributed by atoms with Gasteiger partial charge in [0.05, 0.1) is 4.90 Å². The quantitative estimate of drug-likeness (QED) is 0.659. The molecule has 2 aromatic rings. The van der Waals surface area contributed by atoms with Gasteiger partial charge in [0.1, 0.15) is 0 Å². The van der Waals surface area contributed by atoms with Gasteiger partial charge < -0.3 is 15.1 Å². The first kappa shape index (κ1) is 25.2. The summed E-state index contributed by atoms with van der Waals surface area (Å²) >= 11 is 0. The first-order valence-corrected chi connectivity index (χ1v) is 13.7. The standard InChI is InChI=1S/C26H34N4O4S/c1-18-8-4-5-9-20(18)25(31)27-23-12-13-24(22-11-7-6-10-21(22)23)35(33,34)28-19-14-16-30(17-15-19)26(32)29(2)3/h4-5,8-9,12-13,19,28H,6-7,10-11,14-17H2,1-3H3,(H,27,31). The Morgan fingerprint density at radius 2 is 1.63 bits per heavy atom. The lowest BCUT2D eigenvalue weighted by atomic mass is 9.90. The zero-order valence-electron chi connectivity index (χ0n) is 20.6. The average Bonchev–Trinajstić information content (AvgIpc) is 2.84. The lowest BCUT2D eigenvalue weighted by molar-refractivity contribution is 0.102. The summed E-state index contributed by atoms with van der Waals surface area (Å²) in [5.41, 5.74) is 3.89. The third kappa shape index (κ3) is 5.51. The van der Waals surface area contributed by atoms with Crippen LogP contribution in [0.25, 0.3) is 0 Å². The van der Waals surface area contributed by atoms with E-state index >= 15 is 0 Å². The first-order chi connectivity index (χ1) is 16.7. The number of fused-ring (bicyclic) bond motifs is 1. The minimum absolute atomic E-state index is 0.0521. The van der Waals surface area contributed by atoms with Gasteiger partial charge in [0, 0.05) is 44.5 Å². The van der Waals surface area contributed by atoms with Crippen LogP contribution in [0.4, 0.5) is 10.5 Å². The van der Waals surface area contributed by atoms with E-state index in [9.17, 15) is 18.0 Å². The predicted octanol–water partition coefficient (Wildman–Crippen LogP) is 3.55. The van der Waals surface area contributed by atoms with Crippen LogP contribution >= 0.6 is 0 Å². The van der Waals surface area contributed by atoms with Crippen molar-refractivity contribution >= 4 is 27.6 Å². The Morgan fingerprint density at radius 1 is 0.971 bits per heavy atom. The molecule has 35 heavy (non-hydrogen) atoms. The highest BCUT2D eigenvalue weighted by molar-refractivity contribution is 7.89. The van der Waals surface area contributed by atoms with Crippen LogP contribution in [-0.4, -0.2) is 63.4 Å². The molecule has 1 saturated heterocycles. The van der Waals surface area contributed by atoms with Gasteiger partial charge in [-0.3, -0.25) is 4.79 Å². The van der Waals surface area contributed by atoms with Crippen LogP contribution in [0.5, 0.6) is 0 Å². The summed E-state index contributed by atoms with van der Waals surface area (Å²) in [5, 5.41) is 3.02. The van der Waals surface area contributed by atoms with E-state index in [2.05, 4.69) is 10.0 Å². The van der Waals surface area contributed by atoms with E-state index in [1.165, 1.54) is 4.90 Å². The Labute approximate surface area is 207 Å². The number of urea groups is 1. The molecule has 1 aliphatic carbocycles. The second-order valence-corrected chi connectivity index (χ2v) is 11.3. The van der Waals surface area contributed by atoms with Gasteiger partial charge in [0.25, 0.3) is 5.91 Å². The van der Waals surface area contributed by atoms with Gasteiger partial charge in [-0.2, -0.15) is 0 Å². The van der Waals surface area contributed by atoms with Gasteiger partial charge in [0.15, 0.2) is 0 Å². The summed E-state index contributed by atoms with van der Waals surface area (Å²) in [7, 11) is -0.305. The van der Waals surface area contributed by atoms with Crippen molar-refractivity contribution in [3.63, 3.8) is 0 Å². The second-order valence-electron chi connectivity index (χ2n) is 9.60. The van der Waals surface area contributed by atoms with Crippen molar-refractivity contribution in [3.05, 3.63) is 58.7 Å². The molecule has 0 bridgehead atoms. The molecule has 0 aromatic heterocycles. The fourth-order valence-electron chi connectivity index (χ4n) is 4.98. The topological polar surface area (TPSA) is 98.8 Å². The van der Waals surface area contributed by atoms with Crippen LogP contribution in [0.2, 0.25) is 0 Å². The number of piperidine rings is 1. The molecule has 188 valence electrons. The van der Waals surface area contributed by atoms with Crippen molar-refractivity contribution in [1.29, 1.82) is 0 Å². The average molecular weight is 499 g/mol. The molecule has 0 atom stereocenters. The number of sulfonamides is 1. The molecule has 1 aliphatic heterocycles. The van der Waals surface area contributed by atoms with Gasteiger partial charge >= 0.3 is 6.03 Å². The second kappa shape index (κ2) is 10.4. The number of benzene rings is 2. The highest BCUT2D eigenvalue weighted by Crippen LogP contribution is 2.34. The molecule has 9 heteroatoms. The summed E-state index contributed by atoms with van der Waals surface area (Å²) in [4.78, 5) is 28.7. The van der Waals surface area contributed by atoms with E-state index in [0.717, 1.165) is 36.0 Å². The van der Waals surface area contributed by atoms with Crippen LogP contribution in [0.1, 0.15) is 52.7 Å². The molecule has 1 heterocycles. The van der Waals surface area contributed by atoms with Crippen molar-refractivity contribution in [2.75, 3.05) is 32.5 Å². The molecule has 0 spiro atoms. The van der Waals surface area contributed by atoms with Gasteiger partial charge in [-0.15, -0.1) is 0 Å². The monoisotopic (exact) mass is 498 g/mol. The Kier molecular flexibility index (Phi) is 7.47. The number of anilines is 1. The predicted molar refractivity (Wildman–Crippen MR) is 136 cm³/mol. The summed E-state index contributed by atoms with van der Waals surface area (Å²) in [6.45, 7) is 2.94. The van der Waals surface area contributed by atoms with Crippen LogP contribution in [-0.2, 0) is 22.9 Å². The normalized spacial score (nSPS) is 16.5. The zero-order valence-corrected chi connectivity index (χ0v) is 21.5. The molecule has 0 radical (unpaired) electrons. The van der Waals surface area contributed by atoms with Gasteiger partial charge in [-0.1, -0.05) is 18.2 Å². The largest absolute Gasteiger partial charge is 0.331 e. The summed E-state index contributed by atoms with van der Waals surface area (Å²) in [6.07, 6.45) is 4.41. The Morgan fingerprint density at radius 3 is 2.29 bits per heavy atom. The van der Waals surface area contributed by atoms with E-state index in [4.69, 9.17) is 0 Å². The molecule has 1 fully saturated rings. The first-order valence-electron chi connectivity index (χ1n) is 12.2. The fourth-order valence-corrected chi connectivity index (χ4v) is 6.57. The molecular formula is C26H34N4O4S. The van der Waals surface area contributed by atoms with E-state index < -0.39 is 10.0 Å². The highest BCUT2D eigenvalue weighted by atomic mass is 32.2. The Balaban J connectivity index is 1.53. The van der Waals surface area contributed by atoms with Crippen molar-refractivity contribution in [2.24, 2.45) is 0 Å². The third-order valence-corrected chi connectivity index (χ3v) is 8.49. The summed E-state index contributed by atoms with van der Waals surface area (Å²) < 4.78 is 29.7. The van der Waals surface area contributed by atoms with Crippen LogP contribution < -0.4 is 10.0 Å². The fraction of sp³-hybridized carbons (Fsp3) is 0.462. The number of hydrogen-bond acceptors (Lipinski definition) is 4. The molecule has 2 N–H and O–H groups in total. The van der Waals surface area contributed by atoms with E-state index in [-0.39, 0.29) is 18.0 Å². The lowest BCUT2D eigenvalue weighted by Gasteiger charge is -2.34. The molecule has 2 aliphatic rings. The SMILES string of the molecule is Cc1ccccc1C(=O)Nc1ccc(S(=O)(=O)NC2CCN(C(=O)N(C)C)CC2)c2c1CCCC2. The van der Waals surface area contributed by atoms with Gasteiger partial charge in [-0.05, 0) is 80.3 Å². The number of nitrogens with one attached hydrogen (secondary N) is 2. The Bertz CT molecular complexity index is 1220. The number of likely N-dealkylation sites (tertiary alicyclic amines) is 1. The van der Waals surface area contributed by atoms with Crippen molar-refractivity contribution < 1.29 is 18.0 Å². The molecule has 3 amide bonds. The number of carbonyl (C=O) groups excluding carboxylic acids is 2.